The van der Waals surface area contributed by atoms with Gasteiger partial charge >= 0.3 is 5.97 Å². The third-order valence-corrected chi connectivity index (χ3v) is 2.56. The Hall–Kier alpha value is -1.10. The smallest absolute Gasteiger partial charge is 0.308 e. The lowest BCUT2D eigenvalue weighted by atomic mass is 10.1. The molecule has 0 spiro atoms. The number of esters is 1. The van der Waals surface area contributed by atoms with Crippen molar-refractivity contribution >= 4 is 11.9 Å². The zero-order valence-electron chi connectivity index (χ0n) is 9.65. The molecule has 1 aliphatic rings. The summed E-state index contributed by atoms with van der Waals surface area (Å²) in [6.45, 7) is 2.95. The molecule has 5 nitrogen and oxygen atoms in total. The Kier molecular flexibility index (Phi) is 5.25. The van der Waals surface area contributed by atoms with Gasteiger partial charge in [-0.3, -0.25) is 9.59 Å². The van der Waals surface area contributed by atoms with E-state index in [2.05, 4.69) is 0 Å². The van der Waals surface area contributed by atoms with Crippen LogP contribution in [0.25, 0.3) is 0 Å². The average molecular weight is 229 g/mol. The van der Waals surface area contributed by atoms with Gasteiger partial charge in [0.1, 0.15) is 0 Å². The molecule has 92 valence electrons. The van der Waals surface area contributed by atoms with Crippen LogP contribution >= 0.6 is 0 Å². The molecule has 0 aliphatic carbocycles. The molecule has 1 N–H and O–H groups in total. The van der Waals surface area contributed by atoms with Crippen molar-refractivity contribution in [2.45, 2.75) is 38.7 Å². The maximum absolute atomic E-state index is 11.4. The van der Waals surface area contributed by atoms with E-state index in [1.54, 1.807) is 11.8 Å². The summed E-state index contributed by atoms with van der Waals surface area (Å²) in [6, 6.07) is 0. The summed E-state index contributed by atoms with van der Waals surface area (Å²) in [6.07, 6.45) is 1.58. The van der Waals surface area contributed by atoms with Crippen molar-refractivity contribution in [1.82, 2.24) is 4.90 Å². The first-order valence-corrected chi connectivity index (χ1v) is 5.75. The molecule has 0 saturated carbocycles. The normalized spacial score (nSPS) is 18.4. The third kappa shape index (κ3) is 4.18. The SMILES string of the molecule is CCOC(=O)CC(O)CN1CCCCC1=O. The highest BCUT2D eigenvalue weighted by molar-refractivity contribution is 5.77. The molecule has 0 radical (unpaired) electrons. The van der Waals surface area contributed by atoms with Crippen molar-refractivity contribution in [2.24, 2.45) is 0 Å². The summed E-state index contributed by atoms with van der Waals surface area (Å²) in [5.74, 6) is -0.353. The fourth-order valence-electron chi connectivity index (χ4n) is 1.79. The van der Waals surface area contributed by atoms with E-state index in [4.69, 9.17) is 4.74 Å². The van der Waals surface area contributed by atoms with E-state index in [0.717, 1.165) is 12.8 Å². The van der Waals surface area contributed by atoms with Crippen LogP contribution in [0.1, 0.15) is 32.6 Å². The molecule has 0 aromatic carbocycles. The molecule has 0 aromatic heterocycles. The summed E-state index contributed by atoms with van der Waals surface area (Å²) in [5.41, 5.74) is 0. The molecular weight excluding hydrogens is 210 g/mol. The first-order valence-electron chi connectivity index (χ1n) is 5.75. The molecule has 0 bridgehead atoms. The molecule has 16 heavy (non-hydrogen) atoms. The topological polar surface area (TPSA) is 66.8 Å². The lowest BCUT2D eigenvalue weighted by molar-refractivity contribution is -0.147. The number of likely N-dealkylation sites (tertiary alicyclic amines) is 1. The van der Waals surface area contributed by atoms with Crippen LogP contribution in [0, 0.1) is 0 Å². The quantitative estimate of drug-likeness (QED) is 0.689. The number of hydrogen-bond acceptors (Lipinski definition) is 4. The van der Waals surface area contributed by atoms with E-state index in [0.29, 0.717) is 19.6 Å². The molecule has 1 fully saturated rings. The molecule has 1 amide bonds. The van der Waals surface area contributed by atoms with Crippen LogP contribution in [0.3, 0.4) is 0 Å². The van der Waals surface area contributed by atoms with Gasteiger partial charge in [-0.2, -0.15) is 0 Å². The fourth-order valence-corrected chi connectivity index (χ4v) is 1.79. The molecule has 0 aromatic rings. The van der Waals surface area contributed by atoms with Crippen LogP contribution in [0.2, 0.25) is 0 Å². The van der Waals surface area contributed by atoms with E-state index in [-0.39, 0.29) is 18.9 Å². The van der Waals surface area contributed by atoms with E-state index in [9.17, 15) is 14.7 Å². The van der Waals surface area contributed by atoms with Crippen molar-refractivity contribution in [1.29, 1.82) is 0 Å². The number of aliphatic hydroxyl groups is 1. The summed E-state index contributed by atoms with van der Waals surface area (Å²) in [4.78, 5) is 24.1. The monoisotopic (exact) mass is 229 g/mol. The maximum atomic E-state index is 11.4. The van der Waals surface area contributed by atoms with Crippen molar-refractivity contribution in [3.63, 3.8) is 0 Å². The van der Waals surface area contributed by atoms with Gasteiger partial charge in [-0.25, -0.2) is 0 Å². The van der Waals surface area contributed by atoms with E-state index >= 15 is 0 Å². The number of aliphatic hydroxyl groups excluding tert-OH is 1. The highest BCUT2D eigenvalue weighted by Gasteiger charge is 2.22. The van der Waals surface area contributed by atoms with Gasteiger partial charge in [0.2, 0.25) is 5.91 Å². The highest BCUT2D eigenvalue weighted by Crippen LogP contribution is 2.11. The number of piperidine rings is 1. The molecule has 5 heteroatoms. The summed E-state index contributed by atoms with van der Waals surface area (Å²) in [5, 5.41) is 9.62. The second-order valence-corrected chi connectivity index (χ2v) is 3.96. The van der Waals surface area contributed by atoms with Gasteiger partial charge in [-0.05, 0) is 19.8 Å². The zero-order valence-corrected chi connectivity index (χ0v) is 9.65. The Morgan fingerprint density at radius 3 is 2.94 bits per heavy atom. The Bertz CT molecular complexity index is 254. The molecule has 1 unspecified atom stereocenters. The Morgan fingerprint density at radius 2 is 2.31 bits per heavy atom. The standard InChI is InChI=1S/C11H19NO4/c1-2-16-11(15)7-9(13)8-12-6-4-3-5-10(12)14/h9,13H,2-8H2,1H3. The van der Waals surface area contributed by atoms with Crippen LogP contribution in [-0.4, -0.2) is 47.7 Å². The van der Waals surface area contributed by atoms with Crippen LogP contribution in [0.5, 0.6) is 0 Å². The maximum Gasteiger partial charge on any atom is 0.308 e. The second-order valence-electron chi connectivity index (χ2n) is 3.96. The minimum absolute atomic E-state index is 0.0440. The number of carbonyl (C=O) groups is 2. The zero-order chi connectivity index (χ0) is 12.0. The van der Waals surface area contributed by atoms with Gasteiger partial charge in [-0.1, -0.05) is 0 Å². The van der Waals surface area contributed by atoms with Gasteiger partial charge in [-0.15, -0.1) is 0 Å². The van der Waals surface area contributed by atoms with E-state index in [1.165, 1.54) is 0 Å². The Labute approximate surface area is 95.4 Å². The van der Waals surface area contributed by atoms with Crippen molar-refractivity contribution in [3.05, 3.63) is 0 Å². The van der Waals surface area contributed by atoms with Crippen molar-refractivity contribution < 1.29 is 19.4 Å². The van der Waals surface area contributed by atoms with Gasteiger partial charge in [0.15, 0.2) is 0 Å². The Balaban J connectivity index is 2.29. The minimum atomic E-state index is -0.818. The first kappa shape index (κ1) is 13.0. The number of β-amino-alcohol motifs (C(OH)–C–C–N with tert-alkyl or cyclic N) is 1. The van der Waals surface area contributed by atoms with E-state index in [1.807, 2.05) is 0 Å². The van der Waals surface area contributed by atoms with Crippen LogP contribution in [-0.2, 0) is 14.3 Å². The molecule has 1 aliphatic heterocycles. The molecule has 1 rings (SSSR count). The number of amides is 1. The number of nitrogens with zero attached hydrogens (tertiary/aromatic N) is 1. The summed E-state index contributed by atoms with van der Waals surface area (Å²) in [7, 11) is 0. The predicted molar refractivity (Wildman–Crippen MR) is 57.7 cm³/mol. The molecule has 1 heterocycles. The minimum Gasteiger partial charge on any atom is -0.466 e. The molecule has 1 atom stereocenters. The lowest BCUT2D eigenvalue weighted by Gasteiger charge is -2.28. The molecular formula is C11H19NO4. The number of carbonyl (C=O) groups excluding carboxylic acids is 2. The average Bonchev–Trinajstić information content (AvgIpc) is 2.21. The van der Waals surface area contributed by atoms with Gasteiger partial charge in [0.05, 0.1) is 19.1 Å². The van der Waals surface area contributed by atoms with Gasteiger partial charge in [0, 0.05) is 19.5 Å². The molecule has 1 saturated heterocycles. The van der Waals surface area contributed by atoms with E-state index < -0.39 is 12.1 Å². The van der Waals surface area contributed by atoms with Crippen molar-refractivity contribution in [3.8, 4) is 0 Å². The number of ether oxygens (including phenoxy) is 1. The van der Waals surface area contributed by atoms with Crippen LogP contribution in [0.4, 0.5) is 0 Å². The van der Waals surface area contributed by atoms with Gasteiger partial charge in [0.25, 0.3) is 0 Å². The first-order chi connectivity index (χ1) is 7.63. The summed E-state index contributed by atoms with van der Waals surface area (Å²) < 4.78 is 4.73. The van der Waals surface area contributed by atoms with Crippen LogP contribution in [0.15, 0.2) is 0 Å². The number of rotatable bonds is 5. The van der Waals surface area contributed by atoms with Crippen molar-refractivity contribution in [2.75, 3.05) is 19.7 Å². The lowest BCUT2D eigenvalue weighted by Crippen LogP contribution is -2.41. The fraction of sp³-hybridized carbons (Fsp3) is 0.818. The van der Waals surface area contributed by atoms with Crippen LogP contribution < -0.4 is 0 Å². The third-order valence-electron chi connectivity index (χ3n) is 2.56. The second kappa shape index (κ2) is 6.48. The highest BCUT2D eigenvalue weighted by atomic mass is 16.5. The number of hydrogen-bond donors (Lipinski definition) is 1. The van der Waals surface area contributed by atoms with Gasteiger partial charge < -0.3 is 14.7 Å². The summed E-state index contributed by atoms with van der Waals surface area (Å²) >= 11 is 0. The predicted octanol–water partition coefficient (Wildman–Crippen LogP) is 0.313. The largest absolute Gasteiger partial charge is 0.466 e. The Morgan fingerprint density at radius 1 is 1.56 bits per heavy atom.